The SMILES string of the molecule is CCC1(F)CN(C(=O)Cn2cnc3scc(-c4ccc(F)c(Cl)c4)c3c2=O)C1. The lowest BCUT2D eigenvalue weighted by molar-refractivity contribution is -0.146. The topological polar surface area (TPSA) is 55.2 Å². The van der Waals surface area contributed by atoms with Crippen molar-refractivity contribution in [2.75, 3.05) is 13.1 Å². The summed E-state index contributed by atoms with van der Waals surface area (Å²) in [6.45, 7) is 1.63. The number of aromatic nitrogens is 2. The van der Waals surface area contributed by atoms with Crippen molar-refractivity contribution in [1.82, 2.24) is 14.5 Å². The van der Waals surface area contributed by atoms with Crippen LogP contribution < -0.4 is 5.56 Å². The molecule has 146 valence electrons. The number of likely N-dealkylation sites (tertiary alicyclic amines) is 1. The first-order chi connectivity index (χ1) is 13.3. The molecule has 1 aromatic carbocycles. The van der Waals surface area contributed by atoms with Crippen molar-refractivity contribution >= 4 is 39.1 Å². The van der Waals surface area contributed by atoms with Crippen LogP contribution in [-0.2, 0) is 11.3 Å². The molecule has 0 N–H and O–H groups in total. The second-order valence-corrected chi connectivity index (χ2v) is 8.16. The highest BCUT2D eigenvalue weighted by Crippen LogP contribution is 2.33. The smallest absolute Gasteiger partial charge is 0.263 e. The predicted molar refractivity (Wildman–Crippen MR) is 105 cm³/mol. The monoisotopic (exact) mass is 423 g/mol. The molecule has 28 heavy (non-hydrogen) atoms. The summed E-state index contributed by atoms with van der Waals surface area (Å²) in [5.74, 6) is -0.872. The molecule has 0 atom stereocenters. The van der Waals surface area contributed by atoms with Gasteiger partial charge in [-0.15, -0.1) is 11.3 Å². The van der Waals surface area contributed by atoms with Crippen molar-refractivity contribution in [3.63, 3.8) is 0 Å². The van der Waals surface area contributed by atoms with Crippen LogP contribution in [0.15, 0.2) is 34.7 Å². The Balaban J connectivity index is 1.66. The second-order valence-electron chi connectivity index (χ2n) is 6.89. The molecule has 0 saturated carbocycles. The van der Waals surface area contributed by atoms with Gasteiger partial charge >= 0.3 is 0 Å². The van der Waals surface area contributed by atoms with E-state index < -0.39 is 11.5 Å². The highest BCUT2D eigenvalue weighted by molar-refractivity contribution is 7.17. The Morgan fingerprint density at radius 1 is 1.39 bits per heavy atom. The van der Waals surface area contributed by atoms with E-state index in [1.807, 2.05) is 0 Å². The molecule has 9 heteroatoms. The maximum Gasteiger partial charge on any atom is 0.263 e. The Bertz CT molecular complexity index is 1140. The third-order valence-corrected chi connectivity index (χ3v) is 6.21. The summed E-state index contributed by atoms with van der Waals surface area (Å²) in [6.07, 6.45) is 1.67. The number of benzene rings is 1. The van der Waals surface area contributed by atoms with Crippen molar-refractivity contribution in [3.8, 4) is 11.1 Å². The lowest BCUT2D eigenvalue weighted by atomic mass is 9.93. The van der Waals surface area contributed by atoms with Crippen LogP contribution in [-0.4, -0.2) is 39.1 Å². The van der Waals surface area contributed by atoms with E-state index in [-0.39, 0.29) is 36.1 Å². The predicted octanol–water partition coefficient (Wildman–Crippen LogP) is 3.88. The molecule has 3 aromatic rings. The zero-order chi connectivity index (χ0) is 20.1. The summed E-state index contributed by atoms with van der Waals surface area (Å²) in [5, 5.41) is 2.06. The minimum Gasteiger partial charge on any atom is -0.335 e. The van der Waals surface area contributed by atoms with Gasteiger partial charge in [0.1, 0.15) is 22.9 Å². The zero-order valence-corrected chi connectivity index (χ0v) is 16.5. The molecule has 0 unspecified atom stereocenters. The van der Waals surface area contributed by atoms with Gasteiger partial charge in [0.05, 0.1) is 29.8 Å². The van der Waals surface area contributed by atoms with Crippen LogP contribution in [0.4, 0.5) is 8.78 Å². The van der Waals surface area contributed by atoms with Gasteiger partial charge in [0.25, 0.3) is 5.56 Å². The lowest BCUT2D eigenvalue weighted by Gasteiger charge is -2.44. The number of rotatable bonds is 4. The number of alkyl halides is 1. The summed E-state index contributed by atoms with van der Waals surface area (Å²) in [5.41, 5.74) is -0.532. The number of carbonyl (C=O) groups excluding carboxylic acids is 1. The van der Waals surface area contributed by atoms with Crippen molar-refractivity contribution in [2.45, 2.75) is 25.6 Å². The standard InChI is InChI=1S/C19H16ClF2N3O2S/c1-2-19(22)8-25(9-19)15(26)6-24-10-23-17-16(18(24)27)12(7-28-17)11-3-4-14(21)13(20)5-11/h3-5,7,10H,2,6,8-9H2,1H3. The third kappa shape index (κ3) is 3.20. The highest BCUT2D eigenvalue weighted by atomic mass is 35.5. The first kappa shape index (κ1) is 19.0. The molecule has 0 aliphatic carbocycles. The first-order valence-corrected chi connectivity index (χ1v) is 9.96. The summed E-state index contributed by atoms with van der Waals surface area (Å²) >= 11 is 7.14. The van der Waals surface area contributed by atoms with Crippen LogP contribution in [0.3, 0.4) is 0 Å². The number of thiophene rings is 1. The van der Waals surface area contributed by atoms with Gasteiger partial charge in [0.15, 0.2) is 0 Å². The molecular formula is C19H16ClF2N3O2S. The summed E-state index contributed by atoms with van der Waals surface area (Å²) in [6, 6.07) is 4.22. The Morgan fingerprint density at radius 2 is 2.14 bits per heavy atom. The summed E-state index contributed by atoms with van der Waals surface area (Å²) < 4.78 is 28.7. The number of nitrogens with zero attached hydrogens (tertiary/aromatic N) is 3. The molecule has 1 aliphatic heterocycles. The van der Waals surface area contributed by atoms with Gasteiger partial charge in [0, 0.05) is 10.9 Å². The van der Waals surface area contributed by atoms with Crippen molar-refractivity contribution < 1.29 is 13.6 Å². The minimum atomic E-state index is -1.33. The maximum atomic E-state index is 14.0. The molecule has 2 aromatic heterocycles. The van der Waals surface area contributed by atoms with Gasteiger partial charge in [-0.2, -0.15) is 0 Å². The van der Waals surface area contributed by atoms with Gasteiger partial charge in [-0.1, -0.05) is 24.6 Å². The Morgan fingerprint density at radius 3 is 2.82 bits per heavy atom. The number of hydrogen-bond acceptors (Lipinski definition) is 4. The van der Waals surface area contributed by atoms with Gasteiger partial charge in [0.2, 0.25) is 5.91 Å². The van der Waals surface area contributed by atoms with Gasteiger partial charge in [-0.25, -0.2) is 13.8 Å². The van der Waals surface area contributed by atoms with E-state index in [0.717, 1.165) is 0 Å². The fourth-order valence-corrected chi connectivity index (χ4v) is 4.33. The van der Waals surface area contributed by atoms with E-state index in [1.165, 1.54) is 45.3 Å². The minimum absolute atomic E-state index is 0.0420. The molecule has 5 nitrogen and oxygen atoms in total. The van der Waals surface area contributed by atoms with Crippen LogP contribution in [0.5, 0.6) is 0 Å². The Labute approximate surface area is 168 Å². The average Bonchev–Trinajstić information content (AvgIpc) is 3.08. The molecule has 3 heterocycles. The van der Waals surface area contributed by atoms with Gasteiger partial charge < -0.3 is 4.90 Å². The molecule has 1 amide bonds. The number of halogens is 3. The quantitative estimate of drug-likeness (QED) is 0.640. The molecular weight excluding hydrogens is 408 g/mol. The Hall–Kier alpha value is -2.32. The fraction of sp³-hybridized carbons (Fsp3) is 0.316. The summed E-state index contributed by atoms with van der Waals surface area (Å²) in [7, 11) is 0. The van der Waals surface area contributed by atoms with Crippen molar-refractivity contribution in [1.29, 1.82) is 0 Å². The van der Waals surface area contributed by atoms with Crippen molar-refractivity contribution in [2.24, 2.45) is 0 Å². The number of fused-ring (bicyclic) bond motifs is 1. The normalized spacial score (nSPS) is 15.6. The number of hydrogen-bond donors (Lipinski definition) is 0. The average molecular weight is 424 g/mol. The maximum absolute atomic E-state index is 14.0. The molecule has 0 spiro atoms. The highest BCUT2D eigenvalue weighted by Gasteiger charge is 2.44. The van der Waals surface area contributed by atoms with E-state index in [4.69, 9.17) is 11.6 Å². The van der Waals surface area contributed by atoms with Crippen LogP contribution in [0, 0.1) is 5.82 Å². The number of carbonyl (C=O) groups is 1. The van der Waals surface area contributed by atoms with Crippen LogP contribution in [0.25, 0.3) is 21.3 Å². The van der Waals surface area contributed by atoms with Crippen LogP contribution in [0.1, 0.15) is 13.3 Å². The Kier molecular flexibility index (Phi) is 4.71. The van der Waals surface area contributed by atoms with Gasteiger partial charge in [-0.05, 0) is 24.1 Å². The molecule has 0 bridgehead atoms. The fourth-order valence-electron chi connectivity index (χ4n) is 3.24. The lowest BCUT2D eigenvalue weighted by Crippen LogP contribution is -2.61. The molecule has 0 radical (unpaired) electrons. The first-order valence-electron chi connectivity index (χ1n) is 8.70. The molecule has 1 fully saturated rings. The summed E-state index contributed by atoms with van der Waals surface area (Å²) in [4.78, 5) is 31.5. The van der Waals surface area contributed by atoms with E-state index in [1.54, 1.807) is 12.3 Å². The third-order valence-electron chi connectivity index (χ3n) is 5.03. The van der Waals surface area contributed by atoms with E-state index in [0.29, 0.717) is 27.8 Å². The second kappa shape index (κ2) is 6.93. The van der Waals surface area contributed by atoms with E-state index >= 15 is 0 Å². The van der Waals surface area contributed by atoms with Crippen molar-refractivity contribution in [3.05, 3.63) is 51.1 Å². The zero-order valence-electron chi connectivity index (χ0n) is 14.9. The molecule has 4 rings (SSSR count). The van der Waals surface area contributed by atoms with Crippen LogP contribution in [0.2, 0.25) is 5.02 Å². The number of amides is 1. The van der Waals surface area contributed by atoms with E-state index in [9.17, 15) is 18.4 Å². The molecule has 1 saturated heterocycles. The van der Waals surface area contributed by atoms with E-state index in [2.05, 4.69) is 4.98 Å². The van der Waals surface area contributed by atoms with Gasteiger partial charge in [-0.3, -0.25) is 14.2 Å². The molecule has 1 aliphatic rings. The van der Waals surface area contributed by atoms with Crippen LogP contribution >= 0.6 is 22.9 Å². The largest absolute Gasteiger partial charge is 0.335 e.